The van der Waals surface area contributed by atoms with Crippen LogP contribution in [0.3, 0.4) is 0 Å². The highest BCUT2D eigenvalue weighted by Gasteiger charge is 2.24. The molecule has 20 heavy (non-hydrogen) atoms. The molecule has 0 spiro atoms. The molecule has 0 heterocycles. The van der Waals surface area contributed by atoms with E-state index in [0.29, 0.717) is 17.0 Å². The third kappa shape index (κ3) is 2.36. The van der Waals surface area contributed by atoms with E-state index >= 15 is 0 Å². The zero-order valence-corrected chi connectivity index (χ0v) is 11.6. The molecule has 0 bridgehead atoms. The van der Waals surface area contributed by atoms with Crippen molar-refractivity contribution in [1.29, 1.82) is 0 Å². The van der Waals surface area contributed by atoms with Gasteiger partial charge in [-0.05, 0) is 54.0 Å². The Morgan fingerprint density at radius 3 is 2.55 bits per heavy atom. The third-order valence-electron chi connectivity index (χ3n) is 4.35. The monoisotopic (exact) mass is 270 g/mol. The van der Waals surface area contributed by atoms with Gasteiger partial charge >= 0.3 is 0 Å². The number of halogens is 1. The second kappa shape index (κ2) is 5.37. The molecule has 1 aliphatic rings. The molecular weight excluding hydrogens is 251 g/mol. The number of aliphatic hydroxyl groups is 1. The molecule has 0 radical (unpaired) electrons. The standard InChI is InChI=1S/C18H19FO/c1-12-9-10-14(11-17(12)19)18(20)16-8-3-2-7-15(16)13-5-4-6-13/h2-3,7-11,13,18,20H,4-6H2,1H3. The van der Waals surface area contributed by atoms with Crippen molar-refractivity contribution in [1.82, 2.24) is 0 Å². The van der Waals surface area contributed by atoms with Gasteiger partial charge in [0.1, 0.15) is 11.9 Å². The minimum absolute atomic E-state index is 0.261. The molecule has 1 N–H and O–H groups in total. The normalized spacial score (nSPS) is 16.8. The van der Waals surface area contributed by atoms with Gasteiger partial charge in [-0.2, -0.15) is 0 Å². The SMILES string of the molecule is Cc1ccc(C(O)c2ccccc2C2CCC2)cc1F. The summed E-state index contributed by atoms with van der Waals surface area (Å²) in [7, 11) is 0. The smallest absolute Gasteiger partial charge is 0.126 e. The lowest BCUT2D eigenvalue weighted by Gasteiger charge is -2.29. The van der Waals surface area contributed by atoms with Crippen molar-refractivity contribution in [2.24, 2.45) is 0 Å². The maximum atomic E-state index is 13.7. The summed E-state index contributed by atoms with van der Waals surface area (Å²) in [5.41, 5.74) is 3.36. The predicted molar refractivity (Wildman–Crippen MR) is 78.2 cm³/mol. The summed E-state index contributed by atoms with van der Waals surface area (Å²) in [5, 5.41) is 10.6. The van der Waals surface area contributed by atoms with Crippen LogP contribution in [0.15, 0.2) is 42.5 Å². The molecule has 1 fully saturated rings. The fourth-order valence-electron chi connectivity index (χ4n) is 2.81. The van der Waals surface area contributed by atoms with Gasteiger partial charge in [0.25, 0.3) is 0 Å². The first kappa shape index (κ1) is 13.3. The number of hydrogen-bond donors (Lipinski definition) is 1. The summed E-state index contributed by atoms with van der Waals surface area (Å²) in [6.07, 6.45) is 2.88. The van der Waals surface area contributed by atoms with E-state index in [1.807, 2.05) is 18.2 Å². The number of rotatable bonds is 3. The molecule has 104 valence electrons. The summed E-state index contributed by atoms with van der Waals surface area (Å²) in [5.74, 6) is 0.291. The Labute approximate surface area is 119 Å². The van der Waals surface area contributed by atoms with Crippen LogP contribution in [0.4, 0.5) is 4.39 Å². The van der Waals surface area contributed by atoms with Crippen molar-refractivity contribution in [2.45, 2.75) is 38.2 Å². The number of aliphatic hydroxyl groups excluding tert-OH is 1. The first-order valence-corrected chi connectivity index (χ1v) is 7.20. The third-order valence-corrected chi connectivity index (χ3v) is 4.35. The van der Waals surface area contributed by atoms with E-state index in [-0.39, 0.29) is 5.82 Å². The van der Waals surface area contributed by atoms with Crippen LogP contribution in [0.5, 0.6) is 0 Å². The van der Waals surface area contributed by atoms with Gasteiger partial charge in [-0.1, -0.05) is 42.8 Å². The largest absolute Gasteiger partial charge is 0.384 e. The lowest BCUT2D eigenvalue weighted by atomic mass is 9.77. The molecule has 0 aromatic heterocycles. The Kier molecular flexibility index (Phi) is 3.58. The first-order chi connectivity index (χ1) is 9.66. The molecule has 2 aromatic carbocycles. The molecule has 0 amide bonds. The Morgan fingerprint density at radius 1 is 1.15 bits per heavy atom. The van der Waals surface area contributed by atoms with Crippen LogP contribution in [0, 0.1) is 12.7 Å². The molecule has 1 unspecified atom stereocenters. The zero-order chi connectivity index (χ0) is 14.1. The van der Waals surface area contributed by atoms with E-state index in [4.69, 9.17) is 0 Å². The second-order valence-corrected chi connectivity index (χ2v) is 5.67. The lowest BCUT2D eigenvalue weighted by molar-refractivity contribution is 0.216. The molecule has 1 aliphatic carbocycles. The maximum absolute atomic E-state index is 13.7. The van der Waals surface area contributed by atoms with Crippen molar-refractivity contribution >= 4 is 0 Å². The fourth-order valence-corrected chi connectivity index (χ4v) is 2.81. The minimum atomic E-state index is -0.748. The van der Waals surface area contributed by atoms with Gasteiger partial charge in [-0.25, -0.2) is 4.39 Å². The van der Waals surface area contributed by atoms with E-state index in [9.17, 15) is 9.50 Å². The molecule has 1 saturated carbocycles. The van der Waals surface area contributed by atoms with E-state index in [1.165, 1.54) is 30.9 Å². The van der Waals surface area contributed by atoms with Gasteiger partial charge in [0, 0.05) is 0 Å². The van der Waals surface area contributed by atoms with Gasteiger partial charge in [0.05, 0.1) is 0 Å². The lowest BCUT2D eigenvalue weighted by Crippen LogP contribution is -2.13. The van der Waals surface area contributed by atoms with Gasteiger partial charge in [0.15, 0.2) is 0 Å². The number of benzene rings is 2. The van der Waals surface area contributed by atoms with Crippen molar-refractivity contribution in [2.75, 3.05) is 0 Å². The topological polar surface area (TPSA) is 20.2 Å². The van der Waals surface area contributed by atoms with Crippen molar-refractivity contribution in [3.63, 3.8) is 0 Å². The molecular formula is C18H19FO. The van der Waals surface area contributed by atoms with Crippen LogP contribution < -0.4 is 0 Å². The van der Waals surface area contributed by atoms with Gasteiger partial charge < -0.3 is 5.11 Å². The van der Waals surface area contributed by atoms with Crippen LogP contribution in [-0.4, -0.2) is 5.11 Å². The van der Waals surface area contributed by atoms with E-state index in [1.54, 1.807) is 19.1 Å². The average Bonchev–Trinajstić information content (AvgIpc) is 2.40. The second-order valence-electron chi connectivity index (χ2n) is 5.67. The quantitative estimate of drug-likeness (QED) is 0.871. The summed E-state index contributed by atoms with van der Waals surface area (Å²) in [4.78, 5) is 0. The number of hydrogen-bond acceptors (Lipinski definition) is 1. The molecule has 1 atom stereocenters. The zero-order valence-electron chi connectivity index (χ0n) is 11.6. The van der Waals surface area contributed by atoms with Crippen LogP contribution in [0.25, 0.3) is 0 Å². The first-order valence-electron chi connectivity index (χ1n) is 7.20. The Bertz CT molecular complexity index is 617. The Hall–Kier alpha value is -1.67. The fraction of sp³-hybridized carbons (Fsp3) is 0.333. The molecule has 0 aliphatic heterocycles. The number of aryl methyl sites for hydroxylation is 1. The minimum Gasteiger partial charge on any atom is -0.384 e. The summed E-state index contributed by atoms with van der Waals surface area (Å²) in [6.45, 7) is 1.73. The summed E-state index contributed by atoms with van der Waals surface area (Å²) in [6, 6.07) is 13.0. The van der Waals surface area contributed by atoms with Crippen molar-refractivity contribution < 1.29 is 9.50 Å². The average molecular weight is 270 g/mol. The van der Waals surface area contributed by atoms with E-state index < -0.39 is 6.10 Å². The maximum Gasteiger partial charge on any atom is 0.126 e. The highest BCUT2D eigenvalue weighted by atomic mass is 19.1. The van der Waals surface area contributed by atoms with Crippen molar-refractivity contribution in [3.05, 3.63) is 70.5 Å². The highest BCUT2D eigenvalue weighted by molar-refractivity contribution is 5.39. The van der Waals surface area contributed by atoms with E-state index in [2.05, 4.69) is 6.07 Å². The van der Waals surface area contributed by atoms with Gasteiger partial charge in [-0.3, -0.25) is 0 Å². The summed E-state index contributed by atoms with van der Waals surface area (Å²) < 4.78 is 13.7. The Morgan fingerprint density at radius 2 is 1.90 bits per heavy atom. The highest BCUT2D eigenvalue weighted by Crippen LogP contribution is 2.40. The van der Waals surface area contributed by atoms with Gasteiger partial charge in [-0.15, -0.1) is 0 Å². The van der Waals surface area contributed by atoms with Crippen LogP contribution >= 0.6 is 0 Å². The molecule has 2 aromatic rings. The molecule has 0 saturated heterocycles. The Balaban J connectivity index is 1.97. The van der Waals surface area contributed by atoms with Crippen LogP contribution in [-0.2, 0) is 0 Å². The summed E-state index contributed by atoms with van der Waals surface area (Å²) >= 11 is 0. The van der Waals surface area contributed by atoms with Gasteiger partial charge in [0.2, 0.25) is 0 Å². The van der Waals surface area contributed by atoms with E-state index in [0.717, 1.165) is 5.56 Å². The van der Waals surface area contributed by atoms with Crippen LogP contribution in [0.1, 0.15) is 53.5 Å². The van der Waals surface area contributed by atoms with Crippen LogP contribution in [0.2, 0.25) is 0 Å². The predicted octanol–water partition coefficient (Wildman–Crippen LogP) is 4.48. The molecule has 2 heteroatoms. The molecule has 3 rings (SSSR count). The molecule has 1 nitrogen and oxygen atoms in total. The van der Waals surface area contributed by atoms with Crippen molar-refractivity contribution in [3.8, 4) is 0 Å².